The van der Waals surface area contributed by atoms with Gasteiger partial charge in [0, 0.05) is 28.3 Å². The smallest absolute Gasteiger partial charge is 0.0517 e. The molecule has 3 rings (SSSR count). The Kier molecular flexibility index (Phi) is 2.96. The van der Waals surface area contributed by atoms with Gasteiger partial charge in [0.1, 0.15) is 0 Å². The van der Waals surface area contributed by atoms with Gasteiger partial charge in [0.15, 0.2) is 0 Å². The highest BCUT2D eigenvalue weighted by molar-refractivity contribution is 9.10. The van der Waals surface area contributed by atoms with Gasteiger partial charge < -0.3 is 10.6 Å². The van der Waals surface area contributed by atoms with Crippen molar-refractivity contribution in [2.75, 3.05) is 10.6 Å². The van der Waals surface area contributed by atoms with Crippen LogP contribution in [0.5, 0.6) is 0 Å². The van der Waals surface area contributed by atoms with Gasteiger partial charge in [0.2, 0.25) is 0 Å². The molecule has 1 aliphatic heterocycles. The molecule has 0 atom stereocenters. The molecule has 0 saturated heterocycles. The Labute approximate surface area is 119 Å². The molecule has 0 aliphatic carbocycles. The number of hydrogen-bond donors (Lipinski definition) is 1. The van der Waals surface area contributed by atoms with Gasteiger partial charge in [0.05, 0.1) is 5.69 Å². The lowest BCUT2D eigenvalue weighted by Crippen LogP contribution is -2.14. The molecule has 0 radical (unpaired) electrons. The summed E-state index contributed by atoms with van der Waals surface area (Å²) >= 11 is 9.53. The number of anilines is 2. The van der Waals surface area contributed by atoms with E-state index in [4.69, 9.17) is 17.3 Å². The van der Waals surface area contributed by atoms with Crippen LogP contribution in [0.15, 0.2) is 40.9 Å². The van der Waals surface area contributed by atoms with E-state index >= 15 is 0 Å². The van der Waals surface area contributed by atoms with Gasteiger partial charge in [-0.15, -0.1) is 0 Å². The number of halogens is 2. The third-order valence-corrected chi connectivity index (χ3v) is 4.07. The Morgan fingerprint density at radius 3 is 2.61 bits per heavy atom. The Hall–Kier alpha value is -1.19. The van der Waals surface area contributed by atoms with Crippen LogP contribution in [0.4, 0.5) is 11.4 Å². The third-order valence-electron chi connectivity index (χ3n) is 3.20. The second-order valence-corrected chi connectivity index (χ2v) is 5.77. The van der Waals surface area contributed by atoms with E-state index in [-0.39, 0.29) is 0 Å². The molecule has 2 aromatic carbocycles. The van der Waals surface area contributed by atoms with Crippen LogP contribution in [0, 0.1) is 0 Å². The molecule has 1 aliphatic rings. The van der Waals surface area contributed by atoms with Gasteiger partial charge in [-0.2, -0.15) is 0 Å². The first-order valence-corrected chi connectivity index (χ1v) is 6.88. The summed E-state index contributed by atoms with van der Waals surface area (Å²) in [7, 11) is 0. The molecule has 0 fully saturated rings. The molecule has 1 heterocycles. The molecule has 0 amide bonds. The zero-order valence-electron chi connectivity index (χ0n) is 9.66. The molecule has 4 heteroatoms. The van der Waals surface area contributed by atoms with E-state index < -0.39 is 0 Å². The SMILES string of the molecule is Nc1ccc2c(c1)CN(c1ccc(Cl)cc1Br)C2. The number of rotatable bonds is 1. The van der Waals surface area contributed by atoms with Gasteiger partial charge >= 0.3 is 0 Å². The minimum absolute atomic E-state index is 0.742. The highest BCUT2D eigenvalue weighted by Crippen LogP contribution is 2.35. The van der Waals surface area contributed by atoms with E-state index in [9.17, 15) is 0 Å². The number of nitrogens with two attached hydrogens (primary N) is 1. The van der Waals surface area contributed by atoms with E-state index in [0.717, 1.165) is 34.0 Å². The van der Waals surface area contributed by atoms with Crippen molar-refractivity contribution in [1.29, 1.82) is 0 Å². The van der Waals surface area contributed by atoms with Crippen molar-refractivity contribution in [3.05, 3.63) is 57.0 Å². The number of benzene rings is 2. The summed E-state index contributed by atoms with van der Waals surface area (Å²) in [5, 5.41) is 0.742. The summed E-state index contributed by atoms with van der Waals surface area (Å²) in [5.74, 6) is 0. The van der Waals surface area contributed by atoms with Crippen LogP contribution in [0.25, 0.3) is 0 Å². The van der Waals surface area contributed by atoms with E-state index in [1.54, 1.807) is 0 Å². The van der Waals surface area contributed by atoms with E-state index in [0.29, 0.717) is 0 Å². The monoisotopic (exact) mass is 322 g/mol. The number of nitrogens with zero attached hydrogens (tertiary/aromatic N) is 1. The number of fused-ring (bicyclic) bond motifs is 1. The third kappa shape index (κ3) is 2.08. The topological polar surface area (TPSA) is 29.3 Å². The van der Waals surface area contributed by atoms with Crippen molar-refractivity contribution in [2.24, 2.45) is 0 Å². The highest BCUT2D eigenvalue weighted by Gasteiger charge is 2.20. The van der Waals surface area contributed by atoms with Gasteiger partial charge in [0.25, 0.3) is 0 Å². The van der Waals surface area contributed by atoms with Crippen LogP contribution < -0.4 is 10.6 Å². The van der Waals surface area contributed by atoms with Gasteiger partial charge in [-0.05, 0) is 57.4 Å². The van der Waals surface area contributed by atoms with Crippen molar-refractivity contribution in [1.82, 2.24) is 0 Å². The molecule has 2 aromatic rings. The molecule has 92 valence electrons. The summed E-state index contributed by atoms with van der Waals surface area (Å²) in [4.78, 5) is 2.31. The molecular weight excluding hydrogens is 312 g/mol. The van der Waals surface area contributed by atoms with Gasteiger partial charge in [-0.3, -0.25) is 0 Å². The van der Waals surface area contributed by atoms with Crippen molar-refractivity contribution in [3.8, 4) is 0 Å². The average molecular weight is 324 g/mol. The summed E-state index contributed by atoms with van der Waals surface area (Å²) in [5.41, 5.74) is 10.4. The van der Waals surface area contributed by atoms with E-state index in [1.807, 2.05) is 24.3 Å². The molecular formula is C14H12BrClN2. The van der Waals surface area contributed by atoms with Gasteiger partial charge in [-0.1, -0.05) is 17.7 Å². The Bertz CT molecular complexity index is 613. The second kappa shape index (κ2) is 4.48. The van der Waals surface area contributed by atoms with Gasteiger partial charge in [-0.25, -0.2) is 0 Å². The summed E-state index contributed by atoms with van der Waals surface area (Å²) in [6, 6.07) is 12.0. The maximum absolute atomic E-state index is 5.97. The fourth-order valence-electron chi connectivity index (χ4n) is 2.32. The Morgan fingerprint density at radius 2 is 1.83 bits per heavy atom. The molecule has 0 aromatic heterocycles. The van der Waals surface area contributed by atoms with Crippen LogP contribution >= 0.6 is 27.5 Å². The van der Waals surface area contributed by atoms with Crippen molar-refractivity contribution in [3.63, 3.8) is 0 Å². The van der Waals surface area contributed by atoms with Crippen LogP contribution in [0.3, 0.4) is 0 Å². The Balaban J connectivity index is 1.93. The molecule has 2 nitrogen and oxygen atoms in total. The maximum atomic E-state index is 5.97. The van der Waals surface area contributed by atoms with Crippen molar-refractivity contribution < 1.29 is 0 Å². The Morgan fingerprint density at radius 1 is 1.06 bits per heavy atom. The standard InChI is InChI=1S/C14H12BrClN2/c15-13-6-11(16)2-4-14(13)18-7-9-1-3-12(17)5-10(9)8-18/h1-6H,7-8,17H2. The first-order valence-electron chi connectivity index (χ1n) is 5.71. The molecule has 0 spiro atoms. The minimum Gasteiger partial charge on any atom is -0.399 e. The predicted molar refractivity (Wildman–Crippen MR) is 79.9 cm³/mol. The van der Waals surface area contributed by atoms with Crippen LogP contribution in [-0.2, 0) is 13.1 Å². The zero-order valence-corrected chi connectivity index (χ0v) is 12.0. The summed E-state index contributed by atoms with van der Waals surface area (Å²) < 4.78 is 1.02. The lowest BCUT2D eigenvalue weighted by molar-refractivity contribution is 0.877. The fraction of sp³-hybridized carbons (Fsp3) is 0.143. The van der Waals surface area contributed by atoms with Crippen LogP contribution in [0.1, 0.15) is 11.1 Å². The summed E-state index contributed by atoms with van der Waals surface area (Å²) in [6.07, 6.45) is 0. The van der Waals surface area contributed by atoms with E-state index in [2.05, 4.69) is 33.0 Å². The molecule has 2 N–H and O–H groups in total. The van der Waals surface area contributed by atoms with Crippen molar-refractivity contribution in [2.45, 2.75) is 13.1 Å². The normalized spacial score (nSPS) is 13.8. The van der Waals surface area contributed by atoms with Crippen molar-refractivity contribution >= 4 is 38.9 Å². The van der Waals surface area contributed by atoms with Crippen LogP contribution in [0.2, 0.25) is 5.02 Å². The first-order chi connectivity index (χ1) is 8.63. The largest absolute Gasteiger partial charge is 0.399 e. The lowest BCUT2D eigenvalue weighted by atomic mass is 10.1. The molecule has 0 unspecified atom stereocenters. The quantitative estimate of drug-likeness (QED) is 0.797. The molecule has 0 bridgehead atoms. The number of hydrogen-bond acceptors (Lipinski definition) is 2. The average Bonchev–Trinajstić information content (AvgIpc) is 2.71. The fourth-order valence-corrected chi connectivity index (χ4v) is 3.26. The lowest BCUT2D eigenvalue weighted by Gasteiger charge is -2.19. The molecule has 18 heavy (non-hydrogen) atoms. The predicted octanol–water partition coefficient (Wildman–Crippen LogP) is 4.20. The first kappa shape index (κ1) is 11.9. The second-order valence-electron chi connectivity index (χ2n) is 4.48. The van der Waals surface area contributed by atoms with Crippen LogP contribution in [-0.4, -0.2) is 0 Å². The molecule has 0 saturated carbocycles. The maximum Gasteiger partial charge on any atom is 0.0517 e. The summed E-state index contributed by atoms with van der Waals surface area (Å²) in [6.45, 7) is 1.80. The number of nitrogen functional groups attached to an aromatic ring is 1. The zero-order chi connectivity index (χ0) is 12.7. The minimum atomic E-state index is 0.742. The van der Waals surface area contributed by atoms with E-state index in [1.165, 1.54) is 11.1 Å². The highest BCUT2D eigenvalue weighted by atomic mass is 79.9.